The highest BCUT2D eigenvalue weighted by Gasteiger charge is 2.42. The van der Waals surface area contributed by atoms with Gasteiger partial charge >= 0.3 is 12.3 Å². The summed E-state index contributed by atoms with van der Waals surface area (Å²) in [5.74, 6) is -0.516. The van der Waals surface area contributed by atoms with Gasteiger partial charge < -0.3 is 28.4 Å². The lowest BCUT2D eigenvalue weighted by Crippen LogP contribution is -2.45. The molecule has 7 rings (SSSR count). The number of piperidine rings is 1. The largest absolute Gasteiger partial charge is 0.573 e. The summed E-state index contributed by atoms with van der Waals surface area (Å²) in [6.45, 7) is 0.188. The molecule has 0 spiro atoms. The molecule has 12 heteroatoms. The summed E-state index contributed by atoms with van der Waals surface area (Å²) in [6.07, 6.45) is 3.97. The molecule has 2 saturated heterocycles. The van der Waals surface area contributed by atoms with Crippen LogP contribution in [0.15, 0.2) is 53.3 Å². The van der Waals surface area contributed by atoms with E-state index in [2.05, 4.69) is 19.8 Å². The first-order valence-corrected chi connectivity index (χ1v) is 13.7. The summed E-state index contributed by atoms with van der Waals surface area (Å²) in [6, 6.07) is 10.4. The molecule has 3 aromatic heterocycles. The Hall–Kier alpha value is -4.06. The molecule has 3 aliphatic rings. The fourth-order valence-corrected chi connectivity index (χ4v) is 6.34. The van der Waals surface area contributed by atoms with E-state index in [9.17, 15) is 23.1 Å². The standard InChI is InChI=1S/C29H27F3N4O5/c30-29(31,32)40-24-4-2-1-3-21(24)26-22(27(41-34-26)16-5-6-16)15-39-20-11-17-7-8-18(12-20)36(17)19-9-10-35-14-23(28(37)38)33-25(35)13-19/h1-4,9-10,13-14,16-18,20H,5-8,11-12,15H2,(H,37,38). The minimum Gasteiger partial charge on any atom is -0.476 e. The molecule has 214 valence electrons. The van der Waals surface area contributed by atoms with E-state index in [4.69, 9.17) is 9.26 Å². The third kappa shape index (κ3) is 5.01. The molecule has 3 fully saturated rings. The van der Waals surface area contributed by atoms with Crippen molar-refractivity contribution >= 4 is 17.3 Å². The molecule has 1 aromatic carbocycles. The summed E-state index contributed by atoms with van der Waals surface area (Å²) in [5, 5.41) is 13.5. The number of hydrogen-bond acceptors (Lipinski definition) is 7. The molecule has 2 unspecified atom stereocenters. The van der Waals surface area contributed by atoms with Crippen molar-refractivity contribution in [3.05, 3.63) is 65.8 Å². The van der Waals surface area contributed by atoms with Gasteiger partial charge in [0, 0.05) is 53.3 Å². The van der Waals surface area contributed by atoms with Crippen LogP contribution in [0.5, 0.6) is 5.75 Å². The second kappa shape index (κ2) is 9.79. The summed E-state index contributed by atoms with van der Waals surface area (Å²) < 4.78 is 57.4. The van der Waals surface area contributed by atoms with Crippen molar-refractivity contribution in [1.82, 2.24) is 14.5 Å². The van der Waals surface area contributed by atoms with Crippen molar-refractivity contribution < 1.29 is 37.1 Å². The van der Waals surface area contributed by atoms with Gasteiger partial charge in [-0.25, -0.2) is 9.78 Å². The number of carboxylic acids is 1. The number of imidazole rings is 1. The number of carbonyl (C=O) groups is 1. The number of nitrogens with zero attached hydrogens (tertiary/aromatic N) is 4. The lowest BCUT2D eigenvalue weighted by atomic mass is 9.98. The topological polar surface area (TPSA) is 102 Å². The van der Waals surface area contributed by atoms with E-state index >= 15 is 0 Å². The van der Waals surface area contributed by atoms with Crippen LogP contribution in [0.1, 0.15) is 66.3 Å². The van der Waals surface area contributed by atoms with Crippen molar-refractivity contribution in [1.29, 1.82) is 0 Å². The summed E-state index contributed by atoms with van der Waals surface area (Å²) in [7, 11) is 0. The smallest absolute Gasteiger partial charge is 0.476 e. The predicted molar refractivity (Wildman–Crippen MR) is 140 cm³/mol. The fraction of sp³-hybridized carbons (Fsp3) is 0.414. The number of aromatic carboxylic acids is 1. The van der Waals surface area contributed by atoms with Crippen LogP contribution in [-0.4, -0.2) is 50.2 Å². The third-order valence-electron chi connectivity index (χ3n) is 8.25. The molecule has 9 nitrogen and oxygen atoms in total. The van der Waals surface area contributed by atoms with E-state index in [0.717, 1.165) is 44.2 Å². The lowest BCUT2D eigenvalue weighted by molar-refractivity contribution is -0.274. The number of fused-ring (bicyclic) bond motifs is 3. The van der Waals surface area contributed by atoms with Gasteiger partial charge in [0.05, 0.1) is 12.7 Å². The average molecular weight is 569 g/mol. The van der Waals surface area contributed by atoms with Crippen LogP contribution >= 0.6 is 0 Å². The molecule has 41 heavy (non-hydrogen) atoms. The second-order valence-electron chi connectivity index (χ2n) is 11.0. The Morgan fingerprint density at radius 2 is 1.85 bits per heavy atom. The maximum absolute atomic E-state index is 13.1. The van der Waals surface area contributed by atoms with E-state index in [1.165, 1.54) is 18.3 Å². The van der Waals surface area contributed by atoms with Crippen LogP contribution in [0.4, 0.5) is 18.9 Å². The number of ether oxygens (including phenoxy) is 2. The van der Waals surface area contributed by atoms with E-state index < -0.39 is 12.3 Å². The Bertz CT molecular complexity index is 1600. The molecular weight excluding hydrogens is 541 g/mol. The molecule has 4 aromatic rings. The van der Waals surface area contributed by atoms with Gasteiger partial charge in [-0.2, -0.15) is 0 Å². The van der Waals surface area contributed by atoms with Crippen molar-refractivity contribution in [2.45, 2.75) is 75.6 Å². The van der Waals surface area contributed by atoms with Crippen molar-refractivity contribution in [2.75, 3.05) is 4.90 Å². The predicted octanol–water partition coefficient (Wildman–Crippen LogP) is 6.18. The summed E-state index contributed by atoms with van der Waals surface area (Å²) in [5.41, 5.74) is 2.81. The van der Waals surface area contributed by atoms with E-state index in [0.29, 0.717) is 22.7 Å². The summed E-state index contributed by atoms with van der Waals surface area (Å²) in [4.78, 5) is 17.9. The number of carboxylic acid groups (broad SMARTS) is 1. The number of halogens is 3. The first-order chi connectivity index (χ1) is 19.7. The highest BCUT2D eigenvalue weighted by molar-refractivity contribution is 5.86. The fourth-order valence-electron chi connectivity index (χ4n) is 6.34. The minimum atomic E-state index is -4.83. The molecule has 5 heterocycles. The lowest BCUT2D eigenvalue weighted by Gasteiger charge is -2.40. The summed E-state index contributed by atoms with van der Waals surface area (Å²) >= 11 is 0. The monoisotopic (exact) mass is 568 g/mol. The zero-order valence-electron chi connectivity index (χ0n) is 21.9. The van der Waals surface area contributed by atoms with Crippen LogP contribution in [0.2, 0.25) is 0 Å². The molecule has 2 atom stereocenters. The number of hydrogen-bond donors (Lipinski definition) is 1. The van der Waals surface area contributed by atoms with Gasteiger partial charge in [0.2, 0.25) is 0 Å². The molecule has 2 aliphatic heterocycles. The van der Waals surface area contributed by atoms with Crippen LogP contribution in [0, 0.1) is 0 Å². The van der Waals surface area contributed by atoms with Crippen molar-refractivity contribution in [2.24, 2.45) is 0 Å². The van der Waals surface area contributed by atoms with Gasteiger partial charge in [0.25, 0.3) is 0 Å². The SMILES string of the molecule is O=C(O)c1cn2ccc(N3C4CCC3CC(OCc3c(-c5ccccc5OC(F)(F)F)noc3C3CC3)C4)cc2n1. The highest BCUT2D eigenvalue weighted by atomic mass is 19.4. The van der Waals surface area contributed by atoms with Gasteiger partial charge in [-0.05, 0) is 56.7 Å². The Morgan fingerprint density at radius 3 is 2.56 bits per heavy atom. The normalized spacial score (nSPS) is 22.4. The van der Waals surface area contributed by atoms with Gasteiger partial charge in [-0.3, -0.25) is 0 Å². The maximum Gasteiger partial charge on any atom is 0.573 e. The number of alkyl halides is 3. The molecule has 1 aliphatic carbocycles. The van der Waals surface area contributed by atoms with E-state index in [1.807, 2.05) is 18.3 Å². The molecule has 1 N–H and O–H groups in total. The quantitative estimate of drug-likeness (QED) is 0.269. The van der Waals surface area contributed by atoms with Crippen LogP contribution in [0.3, 0.4) is 0 Å². The van der Waals surface area contributed by atoms with E-state index in [1.54, 1.807) is 16.5 Å². The Morgan fingerprint density at radius 1 is 1.10 bits per heavy atom. The Labute approximate surface area is 232 Å². The molecule has 2 bridgehead atoms. The maximum atomic E-state index is 13.1. The van der Waals surface area contributed by atoms with Crippen LogP contribution < -0.4 is 9.64 Å². The van der Waals surface area contributed by atoms with Crippen molar-refractivity contribution in [3.63, 3.8) is 0 Å². The van der Waals surface area contributed by atoms with Gasteiger partial charge in [-0.15, -0.1) is 13.2 Å². The first kappa shape index (κ1) is 25.9. The van der Waals surface area contributed by atoms with E-state index in [-0.39, 0.29) is 47.7 Å². The number of para-hydroxylation sites is 1. The number of anilines is 1. The Balaban J connectivity index is 1.09. The zero-order chi connectivity index (χ0) is 28.3. The van der Waals surface area contributed by atoms with Gasteiger partial charge in [0.15, 0.2) is 5.69 Å². The average Bonchev–Trinajstić information content (AvgIpc) is 3.44. The second-order valence-corrected chi connectivity index (χ2v) is 11.0. The first-order valence-electron chi connectivity index (χ1n) is 13.7. The molecule has 0 radical (unpaired) electrons. The van der Waals surface area contributed by atoms with Crippen molar-refractivity contribution in [3.8, 4) is 17.0 Å². The minimum absolute atomic E-state index is 0.00324. The highest BCUT2D eigenvalue weighted by Crippen LogP contribution is 2.46. The zero-order valence-corrected chi connectivity index (χ0v) is 21.9. The number of benzene rings is 1. The number of aromatic nitrogens is 3. The molecule has 0 amide bonds. The molecule has 1 saturated carbocycles. The number of rotatable bonds is 8. The van der Waals surface area contributed by atoms with Crippen LogP contribution in [-0.2, 0) is 11.3 Å². The van der Waals surface area contributed by atoms with Gasteiger partial charge in [0.1, 0.15) is 22.9 Å². The molecular formula is C29H27F3N4O5. The van der Waals surface area contributed by atoms with Gasteiger partial charge in [-0.1, -0.05) is 17.3 Å². The van der Waals surface area contributed by atoms with Crippen LogP contribution in [0.25, 0.3) is 16.9 Å². The number of pyridine rings is 1. The third-order valence-corrected chi connectivity index (χ3v) is 8.25. The Kier molecular flexibility index (Phi) is 6.18.